The zero-order valence-corrected chi connectivity index (χ0v) is 13.4. The fraction of sp³-hybridized carbons (Fsp3) is 0.588. The minimum atomic E-state index is 0.0447. The fourth-order valence-electron chi connectivity index (χ4n) is 3.27. The first-order chi connectivity index (χ1) is 11.2. The minimum absolute atomic E-state index is 0.0447. The van der Waals surface area contributed by atoms with E-state index in [1.165, 1.54) is 12.8 Å². The van der Waals surface area contributed by atoms with Crippen LogP contribution in [0.1, 0.15) is 54.8 Å². The topological polar surface area (TPSA) is 64.2 Å². The van der Waals surface area contributed by atoms with E-state index in [-0.39, 0.29) is 5.56 Å². The molecule has 2 aromatic heterocycles. The van der Waals surface area contributed by atoms with E-state index in [1.54, 1.807) is 17.7 Å². The number of aromatic nitrogens is 3. The molecule has 1 aliphatic heterocycles. The summed E-state index contributed by atoms with van der Waals surface area (Å²) < 4.78 is 7.00. The molecule has 4 rings (SSSR count). The van der Waals surface area contributed by atoms with E-state index in [2.05, 4.69) is 15.0 Å². The lowest BCUT2D eigenvalue weighted by Crippen LogP contribution is -2.34. The molecule has 1 atom stereocenters. The van der Waals surface area contributed by atoms with E-state index in [4.69, 9.17) is 4.52 Å². The Balaban J connectivity index is 1.43. The first kappa shape index (κ1) is 14.6. The van der Waals surface area contributed by atoms with E-state index in [1.807, 2.05) is 12.3 Å². The van der Waals surface area contributed by atoms with Crippen LogP contribution in [0.3, 0.4) is 0 Å². The van der Waals surface area contributed by atoms with Crippen LogP contribution in [0.15, 0.2) is 27.6 Å². The van der Waals surface area contributed by atoms with Gasteiger partial charge in [0.1, 0.15) is 0 Å². The molecule has 6 nitrogen and oxygen atoms in total. The maximum Gasteiger partial charge on any atom is 0.250 e. The summed E-state index contributed by atoms with van der Waals surface area (Å²) in [6.45, 7) is 2.79. The highest BCUT2D eigenvalue weighted by Crippen LogP contribution is 2.39. The van der Waals surface area contributed by atoms with Gasteiger partial charge < -0.3 is 9.09 Å². The maximum atomic E-state index is 11.8. The van der Waals surface area contributed by atoms with Crippen molar-refractivity contribution in [1.29, 1.82) is 0 Å². The van der Waals surface area contributed by atoms with Gasteiger partial charge in [0.15, 0.2) is 5.82 Å². The van der Waals surface area contributed by atoms with Crippen LogP contribution in [0, 0.1) is 0 Å². The summed E-state index contributed by atoms with van der Waals surface area (Å²) in [4.78, 5) is 18.7. The lowest BCUT2D eigenvalue weighted by molar-refractivity contribution is 0.194. The number of nitrogens with zero attached hydrogens (tertiary/aromatic N) is 4. The number of aryl methyl sites for hydroxylation is 1. The summed E-state index contributed by atoms with van der Waals surface area (Å²) >= 11 is 0. The molecule has 0 spiro atoms. The summed E-state index contributed by atoms with van der Waals surface area (Å²) in [7, 11) is 1.77. The van der Waals surface area contributed by atoms with Crippen LogP contribution in [-0.4, -0.2) is 32.7 Å². The van der Waals surface area contributed by atoms with E-state index < -0.39 is 0 Å². The normalized spacial score (nSPS) is 22.4. The number of hydrogen-bond acceptors (Lipinski definition) is 5. The van der Waals surface area contributed by atoms with Gasteiger partial charge in [0.25, 0.3) is 5.56 Å². The SMILES string of the molecule is Cn1ccc(CN2CCCC(c3noc(C4CC4)n3)C2)cc1=O. The molecule has 0 aromatic carbocycles. The van der Waals surface area contributed by atoms with E-state index in [0.717, 1.165) is 49.8 Å². The summed E-state index contributed by atoms with van der Waals surface area (Å²) in [5.41, 5.74) is 1.11. The summed E-state index contributed by atoms with van der Waals surface area (Å²) in [6, 6.07) is 3.74. The summed E-state index contributed by atoms with van der Waals surface area (Å²) in [5, 5.41) is 4.20. The average Bonchev–Trinajstić information content (AvgIpc) is 3.28. The standard InChI is InChI=1S/C17H22N4O2/c1-20-8-6-12(9-15(20)22)10-21-7-2-3-14(11-21)16-18-17(23-19-16)13-4-5-13/h6,8-9,13-14H,2-5,7,10-11H2,1H3. The van der Waals surface area contributed by atoms with E-state index in [0.29, 0.717) is 11.8 Å². The highest BCUT2D eigenvalue weighted by Gasteiger charge is 2.32. The van der Waals surface area contributed by atoms with Gasteiger partial charge in [0.2, 0.25) is 5.89 Å². The second-order valence-corrected chi connectivity index (χ2v) is 6.82. The van der Waals surface area contributed by atoms with Gasteiger partial charge in [-0.3, -0.25) is 9.69 Å². The van der Waals surface area contributed by atoms with Gasteiger partial charge in [-0.05, 0) is 43.9 Å². The molecule has 1 saturated heterocycles. The molecule has 6 heteroatoms. The molecule has 0 N–H and O–H groups in total. The highest BCUT2D eigenvalue weighted by atomic mass is 16.5. The molecule has 0 bridgehead atoms. The van der Waals surface area contributed by atoms with Crippen LogP contribution < -0.4 is 5.56 Å². The Morgan fingerprint density at radius 1 is 1.30 bits per heavy atom. The first-order valence-corrected chi connectivity index (χ1v) is 8.40. The number of likely N-dealkylation sites (tertiary alicyclic amines) is 1. The van der Waals surface area contributed by atoms with Gasteiger partial charge in [-0.25, -0.2) is 0 Å². The molecule has 0 radical (unpaired) electrons. The molecule has 2 fully saturated rings. The van der Waals surface area contributed by atoms with Crippen molar-refractivity contribution in [2.24, 2.45) is 7.05 Å². The van der Waals surface area contributed by atoms with Crippen LogP contribution in [0.4, 0.5) is 0 Å². The highest BCUT2D eigenvalue weighted by molar-refractivity contribution is 5.11. The Morgan fingerprint density at radius 2 is 2.17 bits per heavy atom. The van der Waals surface area contributed by atoms with Crippen molar-refractivity contribution in [2.45, 2.75) is 44.1 Å². The van der Waals surface area contributed by atoms with Gasteiger partial charge in [-0.15, -0.1) is 0 Å². The molecule has 23 heavy (non-hydrogen) atoms. The van der Waals surface area contributed by atoms with Crippen molar-refractivity contribution in [3.63, 3.8) is 0 Å². The second-order valence-electron chi connectivity index (χ2n) is 6.82. The van der Waals surface area contributed by atoms with Gasteiger partial charge in [-0.1, -0.05) is 5.16 Å². The third-order valence-corrected chi connectivity index (χ3v) is 4.83. The van der Waals surface area contributed by atoms with Crippen molar-refractivity contribution >= 4 is 0 Å². The molecule has 3 heterocycles. The largest absolute Gasteiger partial charge is 0.339 e. The van der Waals surface area contributed by atoms with Crippen LogP contribution in [0.5, 0.6) is 0 Å². The quantitative estimate of drug-likeness (QED) is 0.864. The summed E-state index contributed by atoms with van der Waals surface area (Å²) in [5.74, 6) is 2.53. The first-order valence-electron chi connectivity index (χ1n) is 8.40. The van der Waals surface area contributed by atoms with E-state index >= 15 is 0 Å². The van der Waals surface area contributed by atoms with Gasteiger partial charge >= 0.3 is 0 Å². The van der Waals surface area contributed by atoms with Gasteiger partial charge in [0.05, 0.1) is 0 Å². The monoisotopic (exact) mass is 314 g/mol. The Hall–Kier alpha value is -1.95. The second kappa shape index (κ2) is 5.92. The molecule has 1 saturated carbocycles. The predicted molar refractivity (Wildman–Crippen MR) is 85.2 cm³/mol. The molecular formula is C17H22N4O2. The zero-order valence-electron chi connectivity index (χ0n) is 13.4. The lowest BCUT2D eigenvalue weighted by atomic mass is 9.97. The Morgan fingerprint density at radius 3 is 2.96 bits per heavy atom. The molecular weight excluding hydrogens is 292 g/mol. The fourth-order valence-corrected chi connectivity index (χ4v) is 3.27. The van der Waals surface area contributed by atoms with Crippen molar-refractivity contribution < 1.29 is 4.52 Å². The number of hydrogen-bond donors (Lipinski definition) is 0. The van der Waals surface area contributed by atoms with Crippen molar-refractivity contribution in [2.75, 3.05) is 13.1 Å². The Bertz CT molecular complexity index is 747. The van der Waals surface area contributed by atoms with Gasteiger partial charge in [-0.2, -0.15) is 4.98 Å². The van der Waals surface area contributed by atoms with Crippen molar-refractivity contribution in [3.05, 3.63) is 46.0 Å². The maximum absolute atomic E-state index is 11.8. The van der Waals surface area contributed by atoms with Crippen LogP contribution in [-0.2, 0) is 13.6 Å². The number of piperidine rings is 1. The van der Waals surface area contributed by atoms with Crippen molar-refractivity contribution in [1.82, 2.24) is 19.6 Å². The molecule has 1 aliphatic carbocycles. The molecule has 2 aliphatic rings. The van der Waals surface area contributed by atoms with Crippen LogP contribution in [0.2, 0.25) is 0 Å². The number of pyridine rings is 1. The third kappa shape index (κ3) is 3.22. The molecule has 122 valence electrons. The van der Waals surface area contributed by atoms with Gasteiger partial charge in [0, 0.05) is 44.2 Å². The molecule has 1 unspecified atom stereocenters. The summed E-state index contributed by atoms with van der Waals surface area (Å²) in [6.07, 6.45) is 6.43. The third-order valence-electron chi connectivity index (χ3n) is 4.83. The Kier molecular flexibility index (Phi) is 3.77. The molecule has 2 aromatic rings. The lowest BCUT2D eigenvalue weighted by Gasteiger charge is -2.31. The minimum Gasteiger partial charge on any atom is -0.339 e. The smallest absolute Gasteiger partial charge is 0.250 e. The van der Waals surface area contributed by atoms with E-state index in [9.17, 15) is 4.79 Å². The van der Waals surface area contributed by atoms with Crippen molar-refractivity contribution in [3.8, 4) is 0 Å². The average molecular weight is 314 g/mol. The zero-order chi connectivity index (χ0) is 15.8. The molecule has 0 amide bonds. The number of rotatable bonds is 4. The Labute approximate surface area is 135 Å². The predicted octanol–water partition coefficient (Wildman–Crippen LogP) is 2.03. The van der Waals surface area contributed by atoms with Crippen LogP contribution >= 0.6 is 0 Å². The van der Waals surface area contributed by atoms with Crippen LogP contribution in [0.25, 0.3) is 0 Å².